The van der Waals surface area contributed by atoms with Crippen LogP contribution in [0.5, 0.6) is 0 Å². The summed E-state index contributed by atoms with van der Waals surface area (Å²) in [7, 11) is 0. The third-order valence-corrected chi connectivity index (χ3v) is 3.41. The molecule has 1 amide bonds. The molecule has 4 nitrogen and oxygen atoms in total. The average molecular weight is 265 g/mol. The Morgan fingerprint density at radius 1 is 1.20 bits per heavy atom. The lowest BCUT2D eigenvalue weighted by Crippen LogP contribution is -2.20. The summed E-state index contributed by atoms with van der Waals surface area (Å²) in [6.45, 7) is 0. The first-order chi connectivity index (χ1) is 9.84. The highest BCUT2D eigenvalue weighted by molar-refractivity contribution is 5.84. The molecule has 1 aliphatic carbocycles. The zero-order chi connectivity index (χ0) is 13.8. The maximum Gasteiger partial charge on any atom is 0.243 e. The Labute approximate surface area is 117 Å². The Kier molecular flexibility index (Phi) is 3.54. The molecule has 100 valence electrons. The zero-order valence-corrected chi connectivity index (χ0v) is 10.9. The molecular formula is C16H15N3O. The number of amides is 1. The molecule has 1 aliphatic rings. The van der Waals surface area contributed by atoms with Gasteiger partial charge in [-0.3, -0.25) is 9.78 Å². The first-order valence-electron chi connectivity index (χ1n) is 6.63. The number of carbonyl (C=O) groups excluding carboxylic acids is 1. The summed E-state index contributed by atoms with van der Waals surface area (Å²) in [4.78, 5) is 16.0. The van der Waals surface area contributed by atoms with Gasteiger partial charge in [-0.2, -0.15) is 5.10 Å². The van der Waals surface area contributed by atoms with Gasteiger partial charge in [0.2, 0.25) is 5.91 Å². The fourth-order valence-corrected chi connectivity index (χ4v) is 2.25. The summed E-state index contributed by atoms with van der Waals surface area (Å²) in [5.74, 6) is 0.352. The molecule has 1 aromatic heterocycles. The molecule has 1 heterocycles. The van der Waals surface area contributed by atoms with E-state index in [9.17, 15) is 4.79 Å². The zero-order valence-electron chi connectivity index (χ0n) is 10.9. The maximum atomic E-state index is 11.9. The van der Waals surface area contributed by atoms with Crippen LogP contribution in [-0.4, -0.2) is 17.1 Å². The molecule has 1 aromatic carbocycles. The van der Waals surface area contributed by atoms with E-state index in [1.54, 1.807) is 12.4 Å². The maximum absolute atomic E-state index is 11.9. The van der Waals surface area contributed by atoms with Crippen LogP contribution in [0.25, 0.3) is 0 Å². The normalized spacial score (nSPS) is 20.8. The van der Waals surface area contributed by atoms with Gasteiger partial charge in [-0.1, -0.05) is 36.4 Å². The van der Waals surface area contributed by atoms with Crippen LogP contribution in [0.1, 0.15) is 23.6 Å². The number of pyridine rings is 1. The molecule has 1 saturated carbocycles. The summed E-state index contributed by atoms with van der Waals surface area (Å²) in [6.07, 6.45) is 4.14. The number of hydrazone groups is 1. The number of nitrogens with zero attached hydrogens (tertiary/aromatic N) is 2. The fraction of sp³-hybridized carbons (Fsp3) is 0.188. The van der Waals surface area contributed by atoms with Crippen LogP contribution >= 0.6 is 0 Å². The van der Waals surface area contributed by atoms with Crippen LogP contribution in [0.4, 0.5) is 0 Å². The van der Waals surface area contributed by atoms with E-state index >= 15 is 0 Å². The van der Waals surface area contributed by atoms with Crippen molar-refractivity contribution in [3.8, 4) is 0 Å². The smallest absolute Gasteiger partial charge is 0.243 e. The summed E-state index contributed by atoms with van der Waals surface area (Å²) < 4.78 is 0. The Hall–Kier alpha value is -2.49. The Morgan fingerprint density at radius 2 is 2.00 bits per heavy atom. The van der Waals surface area contributed by atoms with Crippen LogP contribution in [0.3, 0.4) is 0 Å². The molecule has 0 bridgehead atoms. The third kappa shape index (κ3) is 2.91. The summed E-state index contributed by atoms with van der Waals surface area (Å²) >= 11 is 0. The van der Waals surface area contributed by atoms with Gasteiger partial charge in [0.1, 0.15) is 0 Å². The Morgan fingerprint density at radius 3 is 2.75 bits per heavy atom. The fourth-order valence-electron chi connectivity index (χ4n) is 2.25. The lowest BCUT2D eigenvalue weighted by molar-refractivity contribution is -0.122. The largest absolute Gasteiger partial charge is 0.273 e. The van der Waals surface area contributed by atoms with Gasteiger partial charge < -0.3 is 0 Å². The van der Waals surface area contributed by atoms with Crippen molar-refractivity contribution in [3.63, 3.8) is 0 Å². The number of nitrogens with one attached hydrogen (secondary N) is 1. The molecule has 4 heteroatoms. The predicted octanol–water partition coefficient (Wildman–Crippen LogP) is 2.34. The standard InChI is InChI=1S/C16H15N3O/c20-16(19-18-11-13-8-4-5-9-17-13)15-10-14(15)12-6-2-1-3-7-12/h1-9,11,14-15H,10H2,(H,19,20). The Balaban J connectivity index is 1.53. The van der Waals surface area contributed by atoms with Crippen molar-refractivity contribution in [2.24, 2.45) is 11.0 Å². The van der Waals surface area contributed by atoms with E-state index in [0.29, 0.717) is 5.92 Å². The molecule has 2 unspecified atom stereocenters. The van der Waals surface area contributed by atoms with E-state index in [4.69, 9.17) is 0 Å². The van der Waals surface area contributed by atoms with Crippen molar-refractivity contribution in [2.75, 3.05) is 0 Å². The van der Waals surface area contributed by atoms with E-state index in [2.05, 4.69) is 27.6 Å². The second-order valence-electron chi connectivity index (χ2n) is 4.85. The van der Waals surface area contributed by atoms with Crippen LogP contribution in [0.15, 0.2) is 59.8 Å². The van der Waals surface area contributed by atoms with Crippen LogP contribution in [0.2, 0.25) is 0 Å². The van der Waals surface area contributed by atoms with Crippen LogP contribution < -0.4 is 5.43 Å². The van der Waals surface area contributed by atoms with Gasteiger partial charge in [0.25, 0.3) is 0 Å². The molecule has 1 fully saturated rings. The van der Waals surface area contributed by atoms with E-state index in [1.165, 1.54) is 5.56 Å². The SMILES string of the molecule is O=C(NN=Cc1ccccn1)C1CC1c1ccccc1. The number of rotatable bonds is 4. The molecule has 2 atom stereocenters. The van der Waals surface area contributed by atoms with Gasteiger partial charge in [0.05, 0.1) is 11.9 Å². The van der Waals surface area contributed by atoms with Gasteiger partial charge >= 0.3 is 0 Å². The first-order valence-corrected chi connectivity index (χ1v) is 6.63. The third-order valence-electron chi connectivity index (χ3n) is 3.41. The van der Waals surface area contributed by atoms with Crippen molar-refractivity contribution < 1.29 is 4.79 Å². The molecule has 20 heavy (non-hydrogen) atoms. The van der Waals surface area contributed by atoms with Crippen LogP contribution in [-0.2, 0) is 4.79 Å². The molecule has 2 aromatic rings. The highest BCUT2D eigenvalue weighted by atomic mass is 16.2. The minimum absolute atomic E-state index is 0.0222. The number of aromatic nitrogens is 1. The summed E-state index contributed by atoms with van der Waals surface area (Å²) in [5, 5.41) is 3.94. The molecule has 0 spiro atoms. The predicted molar refractivity (Wildman–Crippen MR) is 77.3 cm³/mol. The van der Waals surface area contributed by atoms with Gasteiger partial charge in [-0.15, -0.1) is 0 Å². The topological polar surface area (TPSA) is 54.4 Å². The second-order valence-corrected chi connectivity index (χ2v) is 4.85. The van der Waals surface area contributed by atoms with Crippen molar-refractivity contribution in [1.82, 2.24) is 10.4 Å². The average Bonchev–Trinajstić information content (AvgIpc) is 3.30. The molecule has 1 N–H and O–H groups in total. The number of hydrogen-bond donors (Lipinski definition) is 1. The number of carbonyl (C=O) groups is 1. The van der Waals surface area contributed by atoms with Crippen molar-refractivity contribution in [1.29, 1.82) is 0 Å². The quantitative estimate of drug-likeness (QED) is 0.681. The molecule has 0 saturated heterocycles. The lowest BCUT2D eigenvalue weighted by atomic mass is 10.1. The molecule has 0 aliphatic heterocycles. The first kappa shape index (κ1) is 12.5. The second kappa shape index (κ2) is 5.65. The monoisotopic (exact) mass is 265 g/mol. The van der Waals surface area contributed by atoms with Gasteiger partial charge in [0.15, 0.2) is 0 Å². The van der Waals surface area contributed by atoms with Gasteiger partial charge in [0, 0.05) is 12.1 Å². The van der Waals surface area contributed by atoms with E-state index in [1.807, 2.05) is 36.4 Å². The lowest BCUT2D eigenvalue weighted by Gasteiger charge is -1.99. The van der Waals surface area contributed by atoms with Crippen molar-refractivity contribution >= 4 is 12.1 Å². The van der Waals surface area contributed by atoms with Gasteiger partial charge in [-0.05, 0) is 30.0 Å². The Bertz CT molecular complexity index is 610. The molecular weight excluding hydrogens is 250 g/mol. The van der Waals surface area contributed by atoms with Crippen molar-refractivity contribution in [2.45, 2.75) is 12.3 Å². The minimum atomic E-state index is -0.0222. The number of hydrogen-bond acceptors (Lipinski definition) is 3. The molecule has 0 radical (unpaired) electrons. The van der Waals surface area contributed by atoms with E-state index < -0.39 is 0 Å². The van der Waals surface area contributed by atoms with E-state index in [-0.39, 0.29) is 11.8 Å². The summed E-state index contributed by atoms with van der Waals surface area (Å²) in [5.41, 5.74) is 4.53. The van der Waals surface area contributed by atoms with Gasteiger partial charge in [-0.25, -0.2) is 5.43 Å². The number of benzene rings is 1. The highest BCUT2D eigenvalue weighted by Gasteiger charge is 2.43. The van der Waals surface area contributed by atoms with Crippen LogP contribution in [0, 0.1) is 5.92 Å². The minimum Gasteiger partial charge on any atom is -0.273 e. The summed E-state index contributed by atoms with van der Waals surface area (Å²) in [6, 6.07) is 15.7. The van der Waals surface area contributed by atoms with E-state index in [0.717, 1.165) is 12.1 Å². The molecule has 3 rings (SSSR count). The highest BCUT2D eigenvalue weighted by Crippen LogP contribution is 2.47. The van der Waals surface area contributed by atoms with Crippen molar-refractivity contribution in [3.05, 3.63) is 66.0 Å².